The molecule has 0 radical (unpaired) electrons. The third-order valence-corrected chi connectivity index (χ3v) is 6.66. The number of aliphatic hydroxyl groups excluding tert-OH is 2. The minimum atomic E-state index is -4.23. The first-order chi connectivity index (χ1) is 17.4. The molecular formula is C22H22F3N5O6S. The molecule has 1 saturated carbocycles. The fourth-order valence-corrected chi connectivity index (χ4v) is 4.68. The van der Waals surface area contributed by atoms with Gasteiger partial charge in [-0.15, -0.1) is 0 Å². The highest BCUT2D eigenvalue weighted by Gasteiger charge is 2.42. The molecule has 0 aliphatic heterocycles. The number of aliphatic hydroxyl groups is 2. The van der Waals surface area contributed by atoms with Crippen LogP contribution in [0.3, 0.4) is 0 Å². The lowest BCUT2D eigenvalue weighted by atomic mass is 9.95. The molecule has 15 heteroatoms. The highest BCUT2D eigenvalue weighted by molar-refractivity contribution is 7.84. The Labute approximate surface area is 209 Å². The van der Waals surface area contributed by atoms with Crippen molar-refractivity contribution in [1.29, 1.82) is 0 Å². The van der Waals surface area contributed by atoms with E-state index in [9.17, 15) is 36.6 Å². The van der Waals surface area contributed by atoms with Crippen molar-refractivity contribution in [1.82, 2.24) is 19.7 Å². The van der Waals surface area contributed by atoms with E-state index in [1.54, 1.807) is 0 Å². The molecule has 0 bridgehead atoms. The largest absolute Gasteiger partial charge is 0.390 e. The summed E-state index contributed by atoms with van der Waals surface area (Å²) in [4.78, 5) is 21.1. The molecule has 0 amide bonds. The van der Waals surface area contributed by atoms with Gasteiger partial charge in [0.05, 0.1) is 36.6 Å². The summed E-state index contributed by atoms with van der Waals surface area (Å²) in [5.74, 6) is -5.47. The fourth-order valence-electron chi connectivity index (χ4n) is 4.32. The van der Waals surface area contributed by atoms with E-state index in [0.717, 1.165) is 10.7 Å². The van der Waals surface area contributed by atoms with Gasteiger partial charge in [-0.2, -0.15) is 13.5 Å². The normalized spacial score (nSPS) is 21.9. The van der Waals surface area contributed by atoms with Crippen molar-refractivity contribution >= 4 is 16.1 Å². The molecule has 2 aromatic heterocycles. The lowest BCUT2D eigenvalue weighted by molar-refractivity contribution is -0.00334. The fraction of sp³-hybridized carbons (Fsp3) is 0.364. The van der Waals surface area contributed by atoms with Gasteiger partial charge in [-0.05, 0) is 37.0 Å². The van der Waals surface area contributed by atoms with Crippen molar-refractivity contribution in [2.45, 2.75) is 31.6 Å². The number of halogens is 3. The summed E-state index contributed by atoms with van der Waals surface area (Å²) in [6.45, 7) is -0.887. The Kier molecular flexibility index (Phi) is 7.70. The summed E-state index contributed by atoms with van der Waals surface area (Å²) in [5.41, 5.74) is -0.372. The van der Waals surface area contributed by atoms with Crippen LogP contribution in [0.1, 0.15) is 33.7 Å². The molecule has 0 spiro atoms. The number of benzene rings is 1. The maximum atomic E-state index is 14.0. The number of carbonyl (C=O) groups is 1. The van der Waals surface area contributed by atoms with Gasteiger partial charge in [0.1, 0.15) is 17.8 Å². The zero-order chi connectivity index (χ0) is 26.9. The van der Waals surface area contributed by atoms with Crippen LogP contribution >= 0.6 is 0 Å². The predicted octanol–water partition coefficient (Wildman–Crippen LogP) is 0.490. The second-order valence-electron chi connectivity index (χ2n) is 8.65. The highest BCUT2D eigenvalue weighted by atomic mass is 32.2. The molecule has 2 heterocycles. The van der Waals surface area contributed by atoms with Gasteiger partial charge < -0.3 is 10.2 Å². The maximum absolute atomic E-state index is 14.0. The van der Waals surface area contributed by atoms with Gasteiger partial charge in [-0.3, -0.25) is 13.7 Å². The van der Waals surface area contributed by atoms with Crippen LogP contribution in [0.5, 0.6) is 0 Å². The number of hydrogen-bond acceptors (Lipinski definition) is 9. The Bertz CT molecular complexity index is 1420. The van der Waals surface area contributed by atoms with Crippen LogP contribution in [-0.4, -0.2) is 63.0 Å². The lowest BCUT2D eigenvalue weighted by Gasteiger charge is -2.17. The number of rotatable bonds is 9. The summed E-state index contributed by atoms with van der Waals surface area (Å²) < 4.78 is 69.2. The van der Waals surface area contributed by atoms with Gasteiger partial charge in [0.15, 0.2) is 11.6 Å². The summed E-state index contributed by atoms with van der Waals surface area (Å²) in [6.07, 6.45) is 1.40. The Morgan fingerprint density at radius 2 is 1.84 bits per heavy atom. The number of hydrogen-bond donors (Lipinski definition) is 3. The van der Waals surface area contributed by atoms with E-state index >= 15 is 0 Å². The first-order valence-electron chi connectivity index (χ1n) is 11.0. The van der Waals surface area contributed by atoms with Crippen LogP contribution in [0, 0.1) is 29.3 Å². The second kappa shape index (κ2) is 10.6. The molecule has 4 rings (SSSR count). The predicted molar refractivity (Wildman–Crippen MR) is 119 cm³/mol. The molecule has 37 heavy (non-hydrogen) atoms. The maximum Gasteiger partial charge on any atom is 0.333 e. The van der Waals surface area contributed by atoms with Gasteiger partial charge in [0.2, 0.25) is 5.78 Å². The third-order valence-electron chi connectivity index (χ3n) is 6.20. The van der Waals surface area contributed by atoms with Gasteiger partial charge in [-0.1, -0.05) is 0 Å². The molecule has 1 fully saturated rings. The van der Waals surface area contributed by atoms with Crippen LogP contribution in [-0.2, 0) is 27.5 Å². The molecule has 1 aliphatic rings. The van der Waals surface area contributed by atoms with Crippen LogP contribution in [0.15, 0.2) is 36.9 Å². The van der Waals surface area contributed by atoms with E-state index in [2.05, 4.69) is 19.2 Å². The molecule has 4 atom stereocenters. The number of aromatic nitrogens is 4. The van der Waals surface area contributed by atoms with E-state index in [4.69, 9.17) is 5.14 Å². The van der Waals surface area contributed by atoms with Crippen LogP contribution in [0.25, 0.3) is 0 Å². The smallest absolute Gasteiger partial charge is 0.333 e. The molecular weight excluding hydrogens is 519 g/mol. The van der Waals surface area contributed by atoms with Crippen LogP contribution in [0.2, 0.25) is 0 Å². The minimum absolute atomic E-state index is 0.0358. The average Bonchev–Trinajstić information content (AvgIpc) is 3.43. The van der Waals surface area contributed by atoms with Crippen molar-refractivity contribution < 1.29 is 40.8 Å². The summed E-state index contributed by atoms with van der Waals surface area (Å²) in [5, 5.41) is 29.6. The molecule has 3 aromatic rings. The second-order valence-corrected chi connectivity index (χ2v) is 9.87. The molecule has 1 aliphatic carbocycles. The molecule has 0 unspecified atom stereocenters. The molecule has 4 N–H and O–H groups in total. The first-order valence-corrected chi connectivity index (χ1v) is 12.4. The number of ketones is 1. The molecule has 11 nitrogen and oxygen atoms in total. The van der Waals surface area contributed by atoms with E-state index in [1.165, 1.54) is 24.8 Å². The molecule has 198 valence electrons. The van der Waals surface area contributed by atoms with Crippen LogP contribution < -0.4 is 5.14 Å². The van der Waals surface area contributed by atoms with Gasteiger partial charge >= 0.3 is 10.3 Å². The van der Waals surface area contributed by atoms with Crippen molar-refractivity contribution in [3.05, 3.63) is 76.9 Å². The Hall–Kier alpha value is -3.24. The Morgan fingerprint density at radius 1 is 1.14 bits per heavy atom. The first kappa shape index (κ1) is 26.8. The molecule has 0 saturated heterocycles. The SMILES string of the molecule is NS(=O)(=O)OC[C@H]1C[C@@H](Cc2ncncc2C(=O)c2ccn(Cc3c(F)ccc(F)c3F)n2)[C@H](O)[C@@H]1O. The van der Waals surface area contributed by atoms with Gasteiger partial charge in [0, 0.05) is 23.9 Å². The van der Waals surface area contributed by atoms with Crippen molar-refractivity contribution in [2.75, 3.05) is 6.61 Å². The Balaban J connectivity index is 1.50. The number of nitrogens with two attached hydrogens (primary N) is 1. The Morgan fingerprint density at radius 3 is 2.57 bits per heavy atom. The number of nitrogens with zero attached hydrogens (tertiary/aromatic N) is 4. The topological polar surface area (TPSA) is 171 Å². The van der Waals surface area contributed by atoms with E-state index in [0.29, 0.717) is 6.07 Å². The average molecular weight is 542 g/mol. The number of carbonyl (C=O) groups excluding carboxylic acids is 1. The monoisotopic (exact) mass is 541 g/mol. The minimum Gasteiger partial charge on any atom is -0.390 e. The van der Waals surface area contributed by atoms with E-state index < -0.39 is 76.3 Å². The van der Waals surface area contributed by atoms with Crippen molar-refractivity contribution in [2.24, 2.45) is 17.0 Å². The van der Waals surface area contributed by atoms with Crippen molar-refractivity contribution in [3.63, 3.8) is 0 Å². The summed E-state index contributed by atoms with van der Waals surface area (Å²) >= 11 is 0. The highest BCUT2D eigenvalue weighted by Crippen LogP contribution is 2.35. The van der Waals surface area contributed by atoms with E-state index in [-0.39, 0.29) is 29.8 Å². The summed E-state index contributed by atoms with van der Waals surface area (Å²) in [6, 6.07) is 2.76. The zero-order valence-electron chi connectivity index (χ0n) is 19.0. The zero-order valence-corrected chi connectivity index (χ0v) is 19.9. The van der Waals surface area contributed by atoms with Gasteiger partial charge in [0.25, 0.3) is 0 Å². The molecule has 1 aromatic carbocycles. The third kappa shape index (κ3) is 6.02. The van der Waals surface area contributed by atoms with Gasteiger partial charge in [-0.25, -0.2) is 28.3 Å². The van der Waals surface area contributed by atoms with Crippen LogP contribution in [0.4, 0.5) is 13.2 Å². The standard InChI is InChI=1S/C22H22F3N5O6S/c23-15-1-2-16(24)19(25)14(15)8-30-4-3-17(29-30)22(33)13-7-27-10-28-18(13)6-11-5-12(21(32)20(11)31)9-36-37(26,34)35/h1-4,7,10-12,20-21,31-32H,5-6,8-9H2,(H2,26,34,35)/t11-,12+,20-,21+/m0/s1. The quantitative estimate of drug-likeness (QED) is 0.258. The van der Waals surface area contributed by atoms with Crippen molar-refractivity contribution in [3.8, 4) is 0 Å². The summed E-state index contributed by atoms with van der Waals surface area (Å²) in [7, 11) is -4.23. The lowest BCUT2D eigenvalue weighted by Crippen LogP contribution is -2.31. The van der Waals surface area contributed by atoms with E-state index in [1.807, 2.05) is 0 Å².